The van der Waals surface area contributed by atoms with Crippen LogP contribution in [-0.4, -0.2) is 14.2 Å². The summed E-state index contributed by atoms with van der Waals surface area (Å²) in [6, 6.07) is 14.2. The first kappa shape index (κ1) is 19.6. The van der Waals surface area contributed by atoms with E-state index in [2.05, 4.69) is 0 Å². The summed E-state index contributed by atoms with van der Waals surface area (Å²) in [5.74, 6) is 0.0549. The maximum Gasteiger partial charge on any atom is 0.238 e. The van der Waals surface area contributed by atoms with Crippen LogP contribution in [-0.2, 0) is 10.0 Å². The zero-order valence-electron chi connectivity index (χ0n) is 15.9. The van der Waals surface area contributed by atoms with Gasteiger partial charge in [-0.2, -0.15) is 0 Å². The number of Topliss-reactive ketones (excluding diaryl/α,β-unsaturated/α-hetero) is 1. The molecule has 0 amide bonds. The first-order valence-electron chi connectivity index (χ1n) is 9.07. The number of fused-ring (bicyclic) bond motifs is 1. The lowest BCUT2D eigenvalue weighted by Crippen LogP contribution is -2.11. The number of hydrogen-bond donors (Lipinski definition) is 1. The zero-order valence-corrected chi connectivity index (χ0v) is 17.6. The number of carbonyl (C=O) groups is 1. The molecule has 0 aliphatic rings. The van der Waals surface area contributed by atoms with E-state index < -0.39 is 10.0 Å². The predicted octanol–water partition coefficient (Wildman–Crippen LogP) is 5.38. The van der Waals surface area contributed by atoms with Crippen LogP contribution in [0.25, 0.3) is 32.5 Å². The first-order valence-corrected chi connectivity index (χ1v) is 11.4. The Morgan fingerprint density at radius 3 is 2.41 bits per heavy atom. The highest BCUT2D eigenvalue weighted by Crippen LogP contribution is 2.43. The van der Waals surface area contributed by atoms with Crippen LogP contribution in [0.3, 0.4) is 0 Å². The molecule has 0 saturated heterocycles. The molecule has 0 fully saturated rings. The lowest BCUT2D eigenvalue weighted by Gasteiger charge is -2.07. The second kappa shape index (κ2) is 7.26. The topological polar surface area (TPSA) is 90.4 Å². The second-order valence-corrected chi connectivity index (χ2v) is 9.36. The Labute approximate surface area is 172 Å². The summed E-state index contributed by atoms with van der Waals surface area (Å²) in [6.07, 6.45) is 2.04. The fourth-order valence-corrected chi connectivity index (χ4v) is 5.26. The number of nitrogens with two attached hydrogens (primary N) is 1. The van der Waals surface area contributed by atoms with E-state index in [1.54, 1.807) is 18.4 Å². The number of benzene rings is 2. The van der Waals surface area contributed by atoms with E-state index in [-0.39, 0.29) is 10.7 Å². The third-order valence-electron chi connectivity index (χ3n) is 4.91. The summed E-state index contributed by atoms with van der Waals surface area (Å²) in [6.45, 7) is 3.82. The Kier molecular flexibility index (Phi) is 4.90. The Morgan fingerprint density at radius 1 is 1.07 bits per heavy atom. The summed E-state index contributed by atoms with van der Waals surface area (Å²) in [5, 5.41) is 6.20. The molecule has 5 nitrogen and oxygen atoms in total. The van der Waals surface area contributed by atoms with E-state index in [1.165, 1.54) is 23.5 Å². The summed E-state index contributed by atoms with van der Waals surface area (Å²) < 4.78 is 28.5. The van der Waals surface area contributed by atoms with Crippen molar-refractivity contribution in [3.05, 3.63) is 65.2 Å². The molecule has 29 heavy (non-hydrogen) atoms. The molecule has 0 atom stereocenters. The molecule has 148 valence electrons. The number of hydrogen-bond acceptors (Lipinski definition) is 5. The Balaban J connectivity index is 1.90. The van der Waals surface area contributed by atoms with Crippen LogP contribution >= 0.6 is 11.3 Å². The predicted molar refractivity (Wildman–Crippen MR) is 116 cm³/mol. The number of thiophene rings is 1. The van der Waals surface area contributed by atoms with Crippen LogP contribution in [0.1, 0.15) is 28.6 Å². The van der Waals surface area contributed by atoms with Crippen molar-refractivity contribution in [1.82, 2.24) is 0 Å². The molecule has 0 aliphatic heterocycles. The highest BCUT2D eigenvalue weighted by Gasteiger charge is 2.22. The molecule has 2 aromatic carbocycles. The third kappa shape index (κ3) is 3.53. The standard InChI is InChI=1S/C22H19NO4S2/c1-3-18(24)22-20(14-4-7-17(8-5-14)29(23,25)26)13(2)21(28-22)16-6-9-19-15(12-16)10-11-27-19/h4-12H,3H2,1-2H3,(H2,23,25,26). The monoisotopic (exact) mass is 425 g/mol. The molecule has 4 rings (SSSR count). The molecule has 4 aromatic rings. The lowest BCUT2D eigenvalue weighted by atomic mass is 9.97. The molecular formula is C22H19NO4S2. The highest BCUT2D eigenvalue weighted by molar-refractivity contribution is 7.89. The van der Waals surface area contributed by atoms with Crippen molar-refractivity contribution in [1.29, 1.82) is 0 Å². The lowest BCUT2D eigenvalue weighted by molar-refractivity contribution is 0.0992. The molecule has 0 aliphatic carbocycles. The van der Waals surface area contributed by atoms with Gasteiger partial charge in [-0.05, 0) is 60.0 Å². The van der Waals surface area contributed by atoms with Gasteiger partial charge in [-0.3, -0.25) is 4.79 Å². The number of primary sulfonamides is 1. The Bertz CT molecular complexity index is 1330. The van der Waals surface area contributed by atoms with E-state index in [9.17, 15) is 13.2 Å². The van der Waals surface area contributed by atoms with Gasteiger partial charge in [0.15, 0.2) is 5.78 Å². The highest BCUT2D eigenvalue weighted by atomic mass is 32.2. The number of rotatable bonds is 5. The van der Waals surface area contributed by atoms with Gasteiger partial charge in [0.1, 0.15) is 5.58 Å². The molecule has 2 aromatic heterocycles. The van der Waals surface area contributed by atoms with Gasteiger partial charge in [0.05, 0.1) is 16.0 Å². The van der Waals surface area contributed by atoms with Crippen molar-refractivity contribution in [2.24, 2.45) is 5.14 Å². The number of furan rings is 1. The minimum Gasteiger partial charge on any atom is -0.464 e. The summed E-state index contributed by atoms with van der Waals surface area (Å²) in [5.41, 5.74) is 4.44. The second-order valence-electron chi connectivity index (χ2n) is 6.78. The molecule has 0 unspecified atom stereocenters. The molecule has 7 heteroatoms. The number of carbonyl (C=O) groups excluding carboxylic acids is 1. The van der Waals surface area contributed by atoms with Crippen molar-refractivity contribution < 1.29 is 17.6 Å². The van der Waals surface area contributed by atoms with Gasteiger partial charge in [-0.15, -0.1) is 11.3 Å². The zero-order chi connectivity index (χ0) is 20.8. The summed E-state index contributed by atoms with van der Waals surface area (Å²) >= 11 is 1.46. The Morgan fingerprint density at radius 2 is 1.76 bits per heavy atom. The van der Waals surface area contributed by atoms with E-state index in [0.29, 0.717) is 11.3 Å². The Hall–Kier alpha value is -2.74. The minimum atomic E-state index is -3.77. The third-order valence-corrected chi connectivity index (χ3v) is 7.22. The molecular weight excluding hydrogens is 406 g/mol. The largest absolute Gasteiger partial charge is 0.464 e. The van der Waals surface area contributed by atoms with Crippen molar-refractivity contribution >= 4 is 38.1 Å². The van der Waals surface area contributed by atoms with Crippen LogP contribution in [0.15, 0.2) is 64.1 Å². The van der Waals surface area contributed by atoms with Crippen LogP contribution in [0, 0.1) is 6.92 Å². The molecule has 0 saturated carbocycles. The SMILES string of the molecule is CCC(=O)c1sc(-c2ccc3occc3c2)c(C)c1-c1ccc(S(N)(=O)=O)cc1. The average molecular weight is 426 g/mol. The first-order chi connectivity index (χ1) is 13.8. The van der Waals surface area contributed by atoms with Crippen LogP contribution in [0.4, 0.5) is 0 Å². The van der Waals surface area contributed by atoms with Crippen LogP contribution in [0.2, 0.25) is 0 Å². The molecule has 0 bridgehead atoms. The van der Waals surface area contributed by atoms with Gasteiger partial charge in [-0.25, -0.2) is 13.6 Å². The molecule has 0 spiro atoms. The molecule has 2 heterocycles. The molecule has 2 N–H and O–H groups in total. The van der Waals surface area contributed by atoms with Gasteiger partial charge in [0, 0.05) is 22.2 Å². The quantitative estimate of drug-likeness (QED) is 0.435. The van der Waals surface area contributed by atoms with Gasteiger partial charge >= 0.3 is 0 Å². The summed E-state index contributed by atoms with van der Waals surface area (Å²) in [7, 11) is -3.77. The smallest absolute Gasteiger partial charge is 0.238 e. The maximum atomic E-state index is 12.7. The van der Waals surface area contributed by atoms with Crippen molar-refractivity contribution in [3.63, 3.8) is 0 Å². The van der Waals surface area contributed by atoms with Crippen LogP contribution in [0.5, 0.6) is 0 Å². The number of sulfonamides is 1. The van der Waals surface area contributed by atoms with Gasteiger partial charge < -0.3 is 4.42 Å². The molecule has 0 radical (unpaired) electrons. The van der Waals surface area contributed by atoms with Crippen molar-refractivity contribution in [2.45, 2.75) is 25.2 Å². The van der Waals surface area contributed by atoms with Crippen LogP contribution < -0.4 is 5.14 Å². The van der Waals surface area contributed by atoms with Crippen molar-refractivity contribution in [3.8, 4) is 21.6 Å². The van der Waals surface area contributed by atoms with E-state index in [0.717, 1.165) is 38.1 Å². The van der Waals surface area contributed by atoms with Gasteiger partial charge in [0.2, 0.25) is 10.0 Å². The normalized spacial score (nSPS) is 11.8. The maximum absolute atomic E-state index is 12.7. The fraction of sp³-hybridized carbons (Fsp3) is 0.136. The van der Waals surface area contributed by atoms with E-state index >= 15 is 0 Å². The number of ketones is 1. The van der Waals surface area contributed by atoms with Crippen molar-refractivity contribution in [2.75, 3.05) is 0 Å². The average Bonchev–Trinajstić information content (AvgIpc) is 3.30. The minimum absolute atomic E-state index is 0.0446. The fourth-order valence-electron chi connectivity index (χ4n) is 3.41. The summed E-state index contributed by atoms with van der Waals surface area (Å²) in [4.78, 5) is 14.4. The van der Waals surface area contributed by atoms with E-state index in [1.807, 2.05) is 38.1 Å². The van der Waals surface area contributed by atoms with E-state index in [4.69, 9.17) is 9.56 Å². The van der Waals surface area contributed by atoms with Gasteiger partial charge in [-0.1, -0.05) is 19.1 Å². The van der Waals surface area contributed by atoms with Gasteiger partial charge in [0.25, 0.3) is 0 Å².